The highest BCUT2D eigenvalue weighted by Gasteiger charge is 2.24. The Morgan fingerprint density at radius 3 is 2.68 bits per heavy atom. The maximum atomic E-state index is 4.72. The molecule has 0 saturated carbocycles. The molecule has 0 radical (unpaired) electrons. The third-order valence-electron chi connectivity index (χ3n) is 4.01. The smallest absolute Gasteiger partial charge is 0.137 e. The van der Waals surface area contributed by atoms with E-state index in [2.05, 4.69) is 59.9 Å². The lowest BCUT2D eigenvalue weighted by Gasteiger charge is -2.38. The summed E-state index contributed by atoms with van der Waals surface area (Å²) in [6.07, 6.45) is 4.29. The maximum Gasteiger partial charge on any atom is 0.137 e. The molecule has 0 amide bonds. The van der Waals surface area contributed by atoms with Gasteiger partial charge in [-0.1, -0.05) is 6.07 Å². The van der Waals surface area contributed by atoms with Crippen LogP contribution in [-0.2, 0) is 6.54 Å². The average molecular weight is 258 g/mol. The monoisotopic (exact) mass is 258 g/mol. The van der Waals surface area contributed by atoms with Gasteiger partial charge in [-0.05, 0) is 32.4 Å². The summed E-state index contributed by atoms with van der Waals surface area (Å²) in [5, 5.41) is 3.47. The third kappa shape index (κ3) is 2.51. The molecule has 1 aliphatic heterocycles. The van der Waals surface area contributed by atoms with Crippen molar-refractivity contribution in [1.82, 2.24) is 19.6 Å². The molecule has 3 heterocycles. The number of nitrogens with one attached hydrogen (secondary N) is 1. The van der Waals surface area contributed by atoms with Crippen molar-refractivity contribution in [2.24, 2.45) is 0 Å². The topological polar surface area (TPSA) is 32.6 Å². The Kier molecular flexibility index (Phi) is 3.29. The van der Waals surface area contributed by atoms with Crippen molar-refractivity contribution < 1.29 is 0 Å². The van der Waals surface area contributed by atoms with Gasteiger partial charge in [-0.2, -0.15) is 0 Å². The van der Waals surface area contributed by atoms with E-state index >= 15 is 0 Å². The second-order valence-electron chi connectivity index (χ2n) is 5.73. The van der Waals surface area contributed by atoms with E-state index in [1.165, 1.54) is 5.56 Å². The Labute approximate surface area is 114 Å². The summed E-state index contributed by atoms with van der Waals surface area (Å²) in [6.45, 7) is 9.74. The molecular formula is C15H22N4. The minimum absolute atomic E-state index is 0.565. The summed E-state index contributed by atoms with van der Waals surface area (Å²) < 4.78 is 2.13. The number of pyridine rings is 1. The molecule has 1 saturated heterocycles. The summed E-state index contributed by atoms with van der Waals surface area (Å²) in [4.78, 5) is 7.25. The number of rotatable bonds is 2. The molecule has 4 nitrogen and oxygen atoms in total. The highest BCUT2D eigenvalue weighted by molar-refractivity contribution is 5.41. The number of hydrogen-bond acceptors (Lipinski definition) is 3. The van der Waals surface area contributed by atoms with Gasteiger partial charge in [0.25, 0.3) is 0 Å². The number of piperazine rings is 1. The summed E-state index contributed by atoms with van der Waals surface area (Å²) >= 11 is 0. The molecule has 3 rings (SSSR count). The van der Waals surface area contributed by atoms with Gasteiger partial charge >= 0.3 is 0 Å². The molecular weight excluding hydrogens is 236 g/mol. The van der Waals surface area contributed by atoms with Crippen LogP contribution >= 0.6 is 0 Å². The zero-order chi connectivity index (χ0) is 13.4. The van der Waals surface area contributed by atoms with Crippen molar-refractivity contribution in [2.75, 3.05) is 13.1 Å². The number of imidazole rings is 1. The zero-order valence-corrected chi connectivity index (χ0v) is 11.9. The average Bonchev–Trinajstić information content (AvgIpc) is 2.75. The van der Waals surface area contributed by atoms with E-state index in [1.54, 1.807) is 0 Å². The highest BCUT2D eigenvalue weighted by Crippen LogP contribution is 2.15. The van der Waals surface area contributed by atoms with Crippen molar-refractivity contribution in [3.05, 3.63) is 35.8 Å². The lowest BCUT2D eigenvalue weighted by molar-refractivity contribution is 0.107. The molecule has 0 aliphatic carbocycles. The van der Waals surface area contributed by atoms with Crippen LogP contribution in [0.2, 0.25) is 0 Å². The summed E-state index contributed by atoms with van der Waals surface area (Å²) in [5.41, 5.74) is 3.46. The molecule has 1 aliphatic rings. The number of hydrogen-bond donors (Lipinski definition) is 1. The Hall–Kier alpha value is -1.39. The lowest BCUT2D eigenvalue weighted by atomic mass is 10.1. The van der Waals surface area contributed by atoms with Gasteiger partial charge in [-0.25, -0.2) is 4.98 Å². The van der Waals surface area contributed by atoms with Gasteiger partial charge in [-0.15, -0.1) is 0 Å². The van der Waals surface area contributed by atoms with Crippen molar-refractivity contribution in [3.8, 4) is 0 Å². The van der Waals surface area contributed by atoms with Crippen LogP contribution in [0, 0.1) is 6.92 Å². The second-order valence-corrected chi connectivity index (χ2v) is 5.73. The van der Waals surface area contributed by atoms with E-state index in [0.29, 0.717) is 12.1 Å². The minimum Gasteiger partial charge on any atom is -0.314 e. The molecule has 19 heavy (non-hydrogen) atoms. The fourth-order valence-electron chi connectivity index (χ4n) is 2.90. The summed E-state index contributed by atoms with van der Waals surface area (Å²) in [7, 11) is 0. The van der Waals surface area contributed by atoms with E-state index in [0.717, 1.165) is 31.0 Å². The largest absolute Gasteiger partial charge is 0.314 e. The molecule has 2 atom stereocenters. The van der Waals surface area contributed by atoms with Crippen LogP contribution in [-0.4, -0.2) is 39.5 Å². The normalized spacial score (nSPS) is 25.0. The molecule has 1 fully saturated rings. The predicted molar refractivity (Wildman–Crippen MR) is 77.3 cm³/mol. The van der Waals surface area contributed by atoms with E-state index < -0.39 is 0 Å². The van der Waals surface area contributed by atoms with Gasteiger partial charge in [0.1, 0.15) is 5.65 Å². The standard InChI is InChI=1S/C15H22N4/c1-11-4-5-15-17-14(9-18(15)8-11)10-19-12(2)6-16-7-13(19)3/h4-5,8-9,12-13,16H,6-7,10H2,1-3H3. The van der Waals surface area contributed by atoms with E-state index in [1.807, 2.05) is 0 Å². The van der Waals surface area contributed by atoms with Crippen LogP contribution in [0.1, 0.15) is 25.1 Å². The SMILES string of the molecule is Cc1ccc2nc(CN3C(C)CNCC3C)cn2c1. The molecule has 0 bridgehead atoms. The maximum absolute atomic E-state index is 4.72. The predicted octanol–water partition coefficient (Wildman–Crippen LogP) is 1.82. The van der Waals surface area contributed by atoms with E-state index in [-0.39, 0.29) is 0 Å². The van der Waals surface area contributed by atoms with Gasteiger partial charge in [0, 0.05) is 44.1 Å². The Balaban J connectivity index is 1.84. The zero-order valence-electron chi connectivity index (χ0n) is 11.9. The molecule has 4 heteroatoms. The number of fused-ring (bicyclic) bond motifs is 1. The first kappa shape index (κ1) is 12.6. The van der Waals surface area contributed by atoms with Crippen LogP contribution < -0.4 is 5.32 Å². The Bertz CT molecular complexity index is 565. The van der Waals surface area contributed by atoms with Crippen LogP contribution in [0.5, 0.6) is 0 Å². The Morgan fingerprint density at radius 1 is 1.21 bits per heavy atom. The first-order valence-electron chi connectivity index (χ1n) is 7.04. The van der Waals surface area contributed by atoms with E-state index in [4.69, 9.17) is 4.98 Å². The molecule has 102 valence electrons. The minimum atomic E-state index is 0.565. The van der Waals surface area contributed by atoms with Crippen molar-refractivity contribution >= 4 is 5.65 Å². The molecule has 2 aromatic heterocycles. The van der Waals surface area contributed by atoms with Crippen LogP contribution in [0.25, 0.3) is 5.65 Å². The lowest BCUT2D eigenvalue weighted by Crippen LogP contribution is -2.54. The van der Waals surface area contributed by atoms with Crippen LogP contribution in [0.15, 0.2) is 24.5 Å². The summed E-state index contributed by atoms with van der Waals surface area (Å²) in [5.74, 6) is 0. The fraction of sp³-hybridized carbons (Fsp3) is 0.533. The first-order chi connectivity index (χ1) is 9.13. The molecule has 0 aromatic carbocycles. The summed E-state index contributed by atoms with van der Waals surface area (Å²) in [6, 6.07) is 5.33. The number of nitrogens with zero attached hydrogens (tertiary/aromatic N) is 3. The van der Waals surface area contributed by atoms with Gasteiger partial charge in [0.15, 0.2) is 0 Å². The van der Waals surface area contributed by atoms with Gasteiger partial charge < -0.3 is 9.72 Å². The molecule has 2 unspecified atom stereocenters. The van der Waals surface area contributed by atoms with Crippen LogP contribution in [0.4, 0.5) is 0 Å². The molecule has 1 N–H and O–H groups in total. The van der Waals surface area contributed by atoms with Crippen molar-refractivity contribution in [1.29, 1.82) is 0 Å². The van der Waals surface area contributed by atoms with Crippen LogP contribution in [0.3, 0.4) is 0 Å². The van der Waals surface area contributed by atoms with Gasteiger partial charge in [-0.3, -0.25) is 4.90 Å². The second kappa shape index (κ2) is 4.94. The van der Waals surface area contributed by atoms with Crippen molar-refractivity contribution in [2.45, 2.75) is 39.4 Å². The number of aromatic nitrogens is 2. The van der Waals surface area contributed by atoms with Gasteiger partial charge in [0.2, 0.25) is 0 Å². The number of aryl methyl sites for hydroxylation is 1. The molecule has 2 aromatic rings. The quantitative estimate of drug-likeness (QED) is 0.892. The molecule has 0 spiro atoms. The van der Waals surface area contributed by atoms with Crippen molar-refractivity contribution in [3.63, 3.8) is 0 Å². The van der Waals surface area contributed by atoms with Gasteiger partial charge in [0.05, 0.1) is 5.69 Å². The Morgan fingerprint density at radius 2 is 1.95 bits per heavy atom. The first-order valence-corrected chi connectivity index (χ1v) is 7.04. The highest BCUT2D eigenvalue weighted by atomic mass is 15.2. The fourth-order valence-corrected chi connectivity index (χ4v) is 2.90. The van der Waals surface area contributed by atoms with E-state index in [9.17, 15) is 0 Å². The third-order valence-corrected chi connectivity index (χ3v) is 4.01.